The standard InChI is InChI=1S/C15H17FN2O/c1-18(15-8-5-12(17)9-14(15)16)10-11-3-6-13(19-2)7-4-11/h3-9H,10,17H2,1-2H3. The fourth-order valence-corrected chi connectivity index (χ4v) is 1.92. The van der Waals surface area contributed by atoms with E-state index in [1.165, 1.54) is 6.07 Å². The molecule has 0 saturated carbocycles. The second-order valence-corrected chi connectivity index (χ2v) is 4.41. The summed E-state index contributed by atoms with van der Waals surface area (Å²) < 4.78 is 18.9. The Morgan fingerprint density at radius 1 is 1.16 bits per heavy atom. The zero-order valence-corrected chi connectivity index (χ0v) is 11.1. The quantitative estimate of drug-likeness (QED) is 0.859. The maximum atomic E-state index is 13.8. The molecule has 0 aromatic heterocycles. The third-order valence-electron chi connectivity index (χ3n) is 2.96. The number of methoxy groups -OCH3 is 1. The van der Waals surface area contributed by atoms with Crippen molar-refractivity contribution in [2.24, 2.45) is 0 Å². The van der Waals surface area contributed by atoms with E-state index < -0.39 is 0 Å². The molecule has 0 bridgehead atoms. The lowest BCUT2D eigenvalue weighted by Crippen LogP contribution is -2.17. The summed E-state index contributed by atoms with van der Waals surface area (Å²) in [5, 5.41) is 0. The summed E-state index contributed by atoms with van der Waals surface area (Å²) in [5.74, 6) is 0.501. The van der Waals surface area contributed by atoms with Gasteiger partial charge >= 0.3 is 0 Å². The molecule has 0 aliphatic heterocycles. The smallest absolute Gasteiger partial charge is 0.148 e. The number of hydrogen-bond donors (Lipinski definition) is 1. The van der Waals surface area contributed by atoms with Crippen LogP contribution in [-0.4, -0.2) is 14.2 Å². The van der Waals surface area contributed by atoms with E-state index >= 15 is 0 Å². The summed E-state index contributed by atoms with van der Waals surface area (Å²) >= 11 is 0. The number of benzene rings is 2. The van der Waals surface area contributed by atoms with Gasteiger partial charge in [0, 0.05) is 19.3 Å². The van der Waals surface area contributed by atoms with Crippen LogP contribution in [0.4, 0.5) is 15.8 Å². The molecule has 0 unspecified atom stereocenters. The van der Waals surface area contributed by atoms with Crippen LogP contribution in [0.5, 0.6) is 5.75 Å². The van der Waals surface area contributed by atoms with E-state index in [0.29, 0.717) is 17.9 Å². The van der Waals surface area contributed by atoms with Gasteiger partial charge in [-0.1, -0.05) is 12.1 Å². The van der Waals surface area contributed by atoms with Crippen LogP contribution in [0.25, 0.3) is 0 Å². The van der Waals surface area contributed by atoms with Gasteiger partial charge in [0.15, 0.2) is 0 Å². The Kier molecular flexibility index (Phi) is 3.90. The van der Waals surface area contributed by atoms with Crippen molar-refractivity contribution < 1.29 is 9.13 Å². The minimum atomic E-state index is -0.309. The normalized spacial score (nSPS) is 10.3. The summed E-state index contributed by atoms with van der Waals surface area (Å²) in [5.41, 5.74) is 7.58. The molecule has 19 heavy (non-hydrogen) atoms. The molecule has 0 radical (unpaired) electrons. The van der Waals surface area contributed by atoms with Crippen molar-refractivity contribution >= 4 is 11.4 Å². The molecule has 0 aliphatic carbocycles. The van der Waals surface area contributed by atoms with Gasteiger partial charge in [0.1, 0.15) is 11.6 Å². The number of nitrogen functional groups attached to an aromatic ring is 1. The van der Waals surface area contributed by atoms with E-state index in [9.17, 15) is 4.39 Å². The predicted molar refractivity (Wildman–Crippen MR) is 75.9 cm³/mol. The fourth-order valence-electron chi connectivity index (χ4n) is 1.92. The highest BCUT2D eigenvalue weighted by Gasteiger charge is 2.08. The second kappa shape index (κ2) is 5.61. The van der Waals surface area contributed by atoms with Gasteiger partial charge in [0.2, 0.25) is 0 Å². The van der Waals surface area contributed by atoms with Gasteiger partial charge in [-0.05, 0) is 35.9 Å². The molecule has 2 aromatic rings. The molecule has 4 heteroatoms. The Morgan fingerprint density at radius 2 is 1.84 bits per heavy atom. The molecule has 100 valence electrons. The van der Waals surface area contributed by atoms with Gasteiger partial charge in [-0.2, -0.15) is 0 Å². The Hall–Kier alpha value is -2.23. The minimum absolute atomic E-state index is 0.309. The zero-order valence-electron chi connectivity index (χ0n) is 11.1. The molecule has 3 nitrogen and oxygen atoms in total. The average Bonchev–Trinajstić information content (AvgIpc) is 2.39. The second-order valence-electron chi connectivity index (χ2n) is 4.41. The highest BCUT2D eigenvalue weighted by molar-refractivity contribution is 5.54. The first kappa shape index (κ1) is 13.2. The third-order valence-corrected chi connectivity index (χ3v) is 2.96. The Balaban J connectivity index is 2.13. The van der Waals surface area contributed by atoms with E-state index in [0.717, 1.165) is 11.3 Å². The third kappa shape index (κ3) is 3.16. The van der Waals surface area contributed by atoms with E-state index in [4.69, 9.17) is 10.5 Å². The van der Waals surface area contributed by atoms with Crippen molar-refractivity contribution in [1.82, 2.24) is 0 Å². The highest BCUT2D eigenvalue weighted by Crippen LogP contribution is 2.22. The number of nitrogens with two attached hydrogens (primary N) is 1. The van der Waals surface area contributed by atoms with E-state index in [2.05, 4.69) is 0 Å². The monoisotopic (exact) mass is 260 g/mol. The van der Waals surface area contributed by atoms with Crippen molar-refractivity contribution in [3.05, 3.63) is 53.8 Å². The molecule has 0 spiro atoms. The molecule has 0 saturated heterocycles. The minimum Gasteiger partial charge on any atom is -0.497 e. The fraction of sp³-hybridized carbons (Fsp3) is 0.200. The van der Waals surface area contributed by atoms with Gasteiger partial charge in [-0.15, -0.1) is 0 Å². The number of nitrogens with zero attached hydrogens (tertiary/aromatic N) is 1. The van der Waals surface area contributed by atoms with E-state index in [1.807, 2.05) is 36.2 Å². The predicted octanol–water partition coefficient (Wildman–Crippen LogP) is 3.05. The van der Waals surface area contributed by atoms with Crippen LogP contribution in [0.3, 0.4) is 0 Å². The maximum absolute atomic E-state index is 13.8. The molecule has 0 amide bonds. The molecular weight excluding hydrogens is 243 g/mol. The van der Waals surface area contributed by atoms with Crippen LogP contribution >= 0.6 is 0 Å². The van der Waals surface area contributed by atoms with Crippen molar-refractivity contribution in [3.63, 3.8) is 0 Å². The van der Waals surface area contributed by atoms with Crippen LogP contribution in [0.15, 0.2) is 42.5 Å². The number of hydrogen-bond acceptors (Lipinski definition) is 3. The molecule has 0 fully saturated rings. The van der Waals surface area contributed by atoms with Crippen LogP contribution in [0.2, 0.25) is 0 Å². The topological polar surface area (TPSA) is 38.5 Å². The van der Waals surface area contributed by atoms with Gasteiger partial charge in [0.05, 0.1) is 12.8 Å². The molecular formula is C15H17FN2O. The first-order valence-electron chi connectivity index (χ1n) is 5.99. The van der Waals surface area contributed by atoms with Crippen molar-refractivity contribution in [1.29, 1.82) is 0 Å². The largest absolute Gasteiger partial charge is 0.497 e. The SMILES string of the molecule is COc1ccc(CN(C)c2ccc(N)cc2F)cc1. The zero-order chi connectivity index (χ0) is 13.8. The van der Waals surface area contributed by atoms with Crippen molar-refractivity contribution in [2.45, 2.75) is 6.54 Å². The van der Waals surface area contributed by atoms with Crippen molar-refractivity contribution in [2.75, 3.05) is 24.8 Å². The van der Waals surface area contributed by atoms with Gasteiger partial charge < -0.3 is 15.4 Å². The molecule has 2 N–H and O–H groups in total. The number of rotatable bonds is 4. The Labute approximate surface area is 112 Å². The first-order chi connectivity index (χ1) is 9.10. The van der Waals surface area contributed by atoms with Crippen molar-refractivity contribution in [3.8, 4) is 5.75 Å². The molecule has 0 aliphatic rings. The van der Waals surface area contributed by atoms with Gasteiger partial charge in [0.25, 0.3) is 0 Å². The van der Waals surface area contributed by atoms with Crippen LogP contribution < -0.4 is 15.4 Å². The number of ether oxygens (including phenoxy) is 1. The average molecular weight is 260 g/mol. The molecule has 0 atom stereocenters. The Bertz CT molecular complexity index is 555. The van der Waals surface area contributed by atoms with Crippen LogP contribution in [0.1, 0.15) is 5.56 Å². The van der Waals surface area contributed by atoms with Gasteiger partial charge in [-0.3, -0.25) is 0 Å². The summed E-state index contributed by atoms with van der Waals surface area (Å²) in [7, 11) is 3.48. The summed E-state index contributed by atoms with van der Waals surface area (Å²) in [6.07, 6.45) is 0. The molecule has 2 rings (SSSR count). The van der Waals surface area contributed by atoms with Crippen LogP contribution in [-0.2, 0) is 6.54 Å². The van der Waals surface area contributed by atoms with E-state index in [-0.39, 0.29) is 5.82 Å². The number of anilines is 2. The lowest BCUT2D eigenvalue weighted by atomic mass is 10.2. The highest BCUT2D eigenvalue weighted by atomic mass is 19.1. The van der Waals surface area contributed by atoms with Gasteiger partial charge in [-0.25, -0.2) is 4.39 Å². The van der Waals surface area contributed by atoms with Crippen LogP contribution in [0, 0.1) is 5.82 Å². The maximum Gasteiger partial charge on any atom is 0.148 e. The molecule has 0 heterocycles. The summed E-state index contributed by atoms with van der Waals surface area (Å²) in [6.45, 7) is 0.616. The van der Waals surface area contributed by atoms with E-state index in [1.54, 1.807) is 19.2 Å². The number of halogens is 1. The summed E-state index contributed by atoms with van der Waals surface area (Å²) in [4.78, 5) is 1.84. The Morgan fingerprint density at radius 3 is 2.42 bits per heavy atom. The summed E-state index contributed by atoms with van der Waals surface area (Å²) in [6, 6.07) is 12.4. The lowest BCUT2D eigenvalue weighted by Gasteiger charge is -2.20. The first-order valence-corrected chi connectivity index (χ1v) is 5.99. The molecule has 2 aromatic carbocycles. The lowest BCUT2D eigenvalue weighted by molar-refractivity contribution is 0.414.